The van der Waals surface area contributed by atoms with Gasteiger partial charge in [0.2, 0.25) is 5.91 Å². The van der Waals surface area contributed by atoms with E-state index in [-0.39, 0.29) is 22.6 Å². The molecule has 28 heavy (non-hydrogen) atoms. The molecule has 1 atom stereocenters. The summed E-state index contributed by atoms with van der Waals surface area (Å²) in [4.78, 5) is 17.5. The van der Waals surface area contributed by atoms with E-state index in [1.807, 2.05) is 39.8 Å². The summed E-state index contributed by atoms with van der Waals surface area (Å²) in [5, 5.41) is 2.94. The van der Waals surface area contributed by atoms with Gasteiger partial charge in [-0.05, 0) is 43.0 Å². The third kappa shape index (κ3) is 4.09. The lowest BCUT2D eigenvalue weighted by Gasteiger charge is -2.18. The highest BCUT2D eigenvalue weighted by Crippen LogP contribution is 2.23. The van der Waals surface area contributed by atoms with E-state index in [2.05, 4.69) is 21.1 Å². The summed E-state index contributed by atoms with van der Waals surface area (Å²) in [5.74, 6) is -0.106. The molecule has 1 aliphatic rings. The maximum absolute atomic E-state index is 12.8. The number of aliphatic imine (C=N–C) groups is 1. The molecule has 7 heteroatoms. The van der Waals surface area contributed by atoms with E-state index in [1.54, 1.807) is 18.2 Å². The quantitative estimate of drug-likeness (QED) is 0.810. The van der Waals surface area contributed by atoms with Crippen LogP contribution in [0.4, 0.5) is 0 Å². The van der Waals surface area contributed by atoms with Gasteiger partial charge in [0, 0.05) is 12.1 Å². The minimum absolute atomic E-state index is 0.0936. The maximum Gasteiger partial charge on any atom is 0.263 e. The molecule has 148 valence electrons. The van der Waals surface area contributed by atoms with Crippen LogP contribution in [0, 0.1) is 19.8 Å². The molecule has 1 aliphatic heterocycles. The van der Waals surface area contributed by atoms with E-state index in [0.717, 1.165) is 11.1 Å². The van der Waals surface area contributed by atoms with E-state index >= 15 is 0 Å². The van der Waals surface area contributed by atoms with E-state index in [9.17, 15) is 13.2 Å². The lowest BCUT2D eigenvalue weighted by atomic mass is 10.0. The summed E-state index contributed by atoms with van der Waals surface area (Å²) in [6.45, 7) is 8.22. The van der Waals surface area contributed by atoms with Gasteiger partial charge in [-0.2, -0.15) is 0 Å². The number of amidine groups is 1. The first-order valence-corrected chi connectivity index (χ1v) is 10.7. The molecule has 2 N–H and O–H groups in total. The van der Waals surface area contributed by atoms with Crippen molar-refractivity contribution in [3.63, 3.8) is 0 Å². The first-order chi connectivity index (χ1) is 13.2. The fourth-order valence-electron chi connectivity index (χ4n) is 3.21. The van der Waals surface area contributed by atoms with Crippen molar-refractivity contribution in [2.24, 2.45) is 10.9 Å². The predicted octanol–water partition coefficient (Wildman–Crippen LogP) is 2.68. The first-order valence-electron chi connectivity index (χ1n) is 9.23. The standard InChI is InChI=1S/C21H25N3O3S/c1-13(2)19(21(25)22-12-16-10-9-14(3)11-15(16)4)23-20-17-7-5-6-8-18(17)28(26,27)24-20/h5-11,13,19H,12H2,1-4H3,(H,22,25)(H,23,24)/t19-/m0/s1. The van der Waals surface area contributed by atoms with E-state index in [0.29, 0.717) is 12.1 Å². The molecule has 3 rings (SSSR count). The molecule has 0 fully saturated rings. The summed E-state index contributed by atoms with van der Waals surface area (Å²) < 4.78 is 27.0. The van der Waals surface area contributed by atoms with Crippen LogP contribution >= 0.6 is 0 Å². The van der Waals surface area contributed by atoms with Gasteiger partial charge in [-0.25, -0.2) is 8.42 Å². The highest BCUT2D eigenvalue weighted by molar-refractivity contribution is 7.90. The fourth-order valence-corrected chi connectivity index (χ4v) is 4.45. The first kappa shape index (κ1) is 20.1. The number of carbonyl (C=O) groups excluding carboxylic acids is 1. The molecular formula is C21H25N3O3S. The third-order valence-corrected chi connectivity index (χ3v) is 6.18. The molecule has 1 heterocycles. The molecular weight excluding hydrogens is 374 g/mol. The van der Waals surface area contributed by atoms with E-state index in [4.69, 9.17) is 0 Å². The molecule has 0 bridgehead atoms. The number of aryl methyl sites for hydroxylation is 2. The van der Waals surface area contributed by atoms with Gasteiger partial charge < -0.3 is 5.32 Å². The second-order valence-electron chi connectivity index (χ2n) is 7.42. The maximum atomic E-state index is 12.8. The Kier molecular flexibility index (Phi) is 5.56. The Hall–Kier alpha value is -2.67. The van der Waals surface area contributed by atoms with Crippen molar-refractivity contribution in [2.45, 2.75) is 45.2 Å². The average Bonchev–Trinajstić information content (AvgIpc) is 2.89. The smallest absolute Gasteiger partial charge is 0.263 e. The van der Waals surface area contributed by atoms with Crippen LogP contribution in [0.3, 0.4) is 0 Å². The number of amides is 1. The largest absolute Gasteiger partial charge is 0.350 e. The van der Waals surface area contributed by atoms with Crippen LogP contribution in [0.2, 0.25) is 0 Å². The monoisotopic (exact) mass is 399 g/mol. The second kappa shape index (κ2) is 7.75. The van der Waals surface area contributed by atoms with Crippen LogP contribution in [0.1, 0.15) is 36.1 Å². The molecule has 0 radical (unpaired) electrons. The summed E-state index contributed by atoms with van der Waals surface area (Å²) in [7, 11) is -3.63. The molecule has 0 saturated heterocycles. The lowest BCUT2D eigenvalue weighted by molar-refractivity contribution is -0.123. The van der Waals surface area contributed by atoms with Gasteiger partial charge in [0.1, 0.15) is 11.9 Å². The Morgan fingerprint density at radius 3 is 2.54 bits per heavy atom. The molecule has 0 aliphatic carbocycles. The zero-order chi connectivity index (χ0) is 20.5. The minimum Gasteiger partial charge on any atom is -0.350 e. The van der Waals surface area contributed by atoms with Crippen molar-refractivity contribution in [3.05, 3.63) is 64.7 Å². The SMILES string of the molecule is Cc1ccc(CNC(=O)[C@@H](N=C2NS(=O)(=O)c3ccccc32)C(C)C)c(C)c1. The predicted molar refractivity (Wildman–Crippen MR) is 110 cm³/mol. The molecule has 1 amide bonds. The Labute approximate surface area is 166 Å². The van der Waals surface area contributed by atoms with Gasteiger partial charge in [0.15, 0.2) is 0 Å². The lowest BCUT2D eigenvalue weighted by Crippen LogP contribution is -2.38. The summed E-state index contributed by atoms with van der Waals surface area (Å²) in [6.07, 6.45) is 0. The molecule has 0 spiro atoms. The molecule has 2 aromatic carbocycles. The van der Waals surface area contributed by atoms with Crippen LogP contribution in [0.25, 0.3) is 0 Å². The van der Waals surface area contributed by atoms with Crippen molar-refractivity contribution in [1.29, 1.82) is 0 Å². The summed E-state index contributed by atoms with van der Waals surface area (Å²) >= 11 is 0. The van der Waals surface area contributed by atoms with Gasteiger partial charge in [-0.3, -0.25) is 14.5 Å². The molecule has 0 aromatic heterocycles. The number of carbonyl (C=O) groups is 1. The number of fused-ring (bicyclic) bond motifs is 1. The molecule has 2 aromatic rings. The highest BCUT2D eigenvalue weighted by Gasteiger charge is 2.32. The molecule has 0 unspecified atom stereocenters. The zero-order valence-electron chi connectivity index (χ0n) is 16.5. The van der Waals surface area contributed by atoms with Crippen LogP contribution in [-0.4, -0.2) is 26.2 Å². The van der Waals surface area contributed by atoms with Crippen molar-refractivity contribution in [2.75, 3.05) is 0 Å². The number of sulfonamides is 1. The Bertz CT molecular complexity index is 1040. The summed E-state index contributed by atoms with van der Waals surface area (Å²) in [5.41, 5.74) is 3.83. The highest BCUT2D eigenvalue weighted by atomic mass is 32.2. The zero-order valence-corrected chi connectivity index (χ0v) is 17.3. The molecule has 6 nitrogen and oxygen atoms in total. The Balaban J connectivity index is 1.82. The van der Waals surface area contributed by atoms with Gasteiger partial charge in [0.25, 0.3) is 10.0 Å². The average molecular weight is 400 g/mol. The van der Waals surface area contributed by atoms with Crippen LogP contribution in [0.5, 0.6) is 0 Å². The number of hydrogen-bond acceptors (Lipinski definition) is 4. The number of nitrogens with zero attached hydrogens (tertiary/aromatic N) is 1. The van der Waals surface area contributed by atoms with Crippen molar-refractivity contribution in [3.8, 4) is 0 Å². The van der Waals surface area contributed by atoms with Crippen molar-refractivity contribution in [1.82, 2.24) is 10.0 Å². The number of rotatable bonds is 5. The van der Waals surface area contributed by atoms with Gasteiger partial charge in [-0.15, -0.1) is 0 Å². The van der Waals surface area contributed by atoms with Crippen LogP contribution < -0.4 is 10.0 Å². The van der Waals surface area contributed by atoms with Crippen molar-refractivity contribution < 1.29 is 13.2 Å². The normalized spacial score (nSPS) is 17.2. The van der Waals surface area contributed by atoms with Gasteiger partial charge in [-0.1, -0.05) is 49.7 Å². The van der Waals surface area contributed by atoms with Gasteiger partial charge >= 0.3 is 0 Å². The topological polar surface area (TPSA) is 87.6 Å². The van der Waals surface area contributed by atoms with Crippen LogP contribution in [-0.2, 0) is 21.4 Å². The number of nitrogens with one attached hydrogen (secondary N) is 2. The number of benzene rings is 2. The number of hydrogen-bond donors (Lipinski definition) is 2. The van der Waals surface area contributed by atoms with Crippen LogP contribution in [0.15, 0.2) is 52.4 Å². The second-order valence-corrected chi connectivity index (χ2v) is 9.07. The van der Waals surface area contributed by atoms with Crippen molar-refractivity contribution >= 4 is 21.8 Å². The summed E-state index contributed by atoms with van der Waals surface area (Å²) in [6, 6.07) is 12.0. The Morgan fingerprint density at radius 2 is 1.86 bits per heavy atom. The third-order valence-electron chi connectivity index (χ3n) is 4.78. The Morgan fingerprint density at radius 1 is 1.14 bits per heavy atom. The molecule has 0 saturated carbocycles. The fraction of sp³-hybridized carbons (Fsp3) is 0.333. The minimum atomic E-state index is -3.63. The van der Waals surface area contributed by atoms with E-state index < -0.39 is 16.1 Å². The van der Waals surface area contributed by atoms with Gasteiger partial charge in [0.05, 0.1) is 4.90 Å². The van der Waals surface area contributed by atoms with E-state index in [1.165, 1.54) is 11.6 Å².